The molecule has 0 fully saturated rings. The van der Waals surface area contributed by atoms with Gasteiger partial charge >= 0.3 is 0 Å². The molecule has 192 valence electrons. The number of carbonyl (C=O) groups excluding carboxylic acids is 3. The lowest BCUT2D eigenvalue weighted by Gasteiger charge is -2.29. The summed E-state index contributed by atoms with van der Waals surface area (Å²) < 4.78 is 0. The van der Waals surface area contributed by atoms with Crippen molar-refractivity contribution in [3.8, 4) is 0 Å². The fourth-order valence-corrected chi connectivity index (χ4v) is 3.94. The number of rotatable bonds is 9. The summed E-state index contributed by atoms with van der Waals surface area (Å²) in [6.45, 7) is 3.73. The predicted octanol–water partition coefficient (Wildman–Crippen LogP) is 5.56. The van der Waals surface area contributed by atoms with E-state index < -0.39 is 11.9 Å². The van der Waals surface area contributed by atoms with Gasteiger partial charge in [0.05, 0.1) is 22.6 Å². The second kappa shape index (κ2) is 12.4. The van der Waals surface area contributed by atoms with Crippen LogP contribution in [0.2, 0.25) is 0 Å². The first-order valence-corrected chi connectivity index (χ1v) is 12.4. The number of hydrazine groups is 1. The molecule has 4 rings (SSSR count). The van der Waals surface area contributed by atoms with E-state index in [1.54, 1.807) is 53.5 Å². The Bertz CT molecular complexity index is 1340. The number of nitrogens with one attached hydrogen (secondary N) is 3. The van der Waals surface area contributed by atoms with Crippen LogP contribution in [0.3, 0.4) is 0 Å². The van der Waals surface area contributed by atoms with Crippen molar-refractivity contribution in [1.82, 2.24) is 10.7 Å². The van der Waals surface area contributed by atoms with Crippen LogP contribution in [0.4, 0.5) is 17.1 Å². The highest BCUT2D eigenvalue weighted by atomic mass is 16.2. The number of benzene rings is 4. The fraction of sp³-hybridized carbons (Fsp3) is 0.129. The molecule has 3 N–H and O–H groups in total. The summed E-state index contributed by atoms with van der Waals surface area (Å²) in [4.78, 5) is 39.6. The molecule has 1 unspecified atom stereocenters. The summed E-state index contributed by atoms with van der Waals surface area (Å²) in [6.07, 6.45) is 0. The zero-order chi connectivity index (χ0) is 26.9. The Hall–Kier alpha value is -4.91. The molecule has 38 heavy (non-hydrogen) atoms. The first-order chi connectivity index (χ1) is 18.4. The molecule has 3 amide bonds. The lowest BCUT2D eigenvalue weighted by Crippen LogP contribution is -2.53. The molecule has 7 heteroatoms. The zero-order valence-corrected chi connectivity index (χ0v) is 21.3. The van der Waals surface area contributed by atoms with Crippen molar-refractivity contribution in [2.75, 3.05) is 10.3 Å². The highest BCUT2D eigenvalue weighted by Crippen LogP contribution is 2.23. The molecule has 0 heterocycles. The van der Waals surface area contributed by atoms with Gasteiger partial charge in [-0.25, -0.2) is 0 Å². The van der Waals surface area contributed by atoms with E-state index in [0.29, 0.717) is 11.3 Å². The van der Waals surface area contributed by atoms with Gasteiger partial charge in [0, 0.05) is 5.56 Å². The number of hydrogen-bond acceptors (Lipinski definition) is 4. The van der Waals surface area contributed by atoms with Crippen LogP contribution in [0.5, 0.6) is 0 Å². The van der Waals surface area contributed by atoms with Crippen LogP contribution >= 0.6 is 0 Å². The van der Waals surface area contributed by atoms with Gasteiger partial charge in [-0.1, -0.05) is 80.6 Å². The number of amides is 3. The summed E-state index contributed by atoms with van der Waals surface area (Å²) in [7, 11) is 0. The van der Waals surface area contributed by atoms with Crippen LogP contribution in [-0.2, 0) is 4.79 Å². The van der Waals surface area contributed by atoms with Crippen LogP contribution in [0.1, 0.15) is 34.6 Å². The quantitative estimate of drug-likeness (QED) is 0.259. The molecule has 1 atom stereocenters. The predicted molar refractivity (Wildman–Crippen MR) is 150 cm³/mol. The number of nitrogens with zero attached hydrogens (tertiary/aromatic N) is 1. The molecule has 0 aliphatic heterocycles. The van der Waals surface area contributed by atoms with Gasteiger partial charge in [0.15, 0.2) is 0 Å². The van der Waals surface area contributed by atoms with Gasteiger partial charge < -0.3 is 10.6 Å². The highest BCUT2D eigenvalue weighted by Gasteiger charge is 2.28. The average molecular weight is 507 g/mol. The SMILES string of the molecule is CC(C)C(NC(=O)c1ccccc1NC(=O)c1ccccc1)C(=O)NN(c1ccccc1)c1ccccc1. The number of anilines is 3. The molecule has 0 aliphatic carbocycles. The van der Waals surface area contributed by atoms with Gasteiger partial charge in [-0.2, -0.15) is 0 Å². The largest absolute Gasteiger partial charge is 0.340 e. The van der Waals surface area contributed by atoms with E-state index in [4.69, 9.17) is 0 Å². The van der Waals surface area contributed by atoms with Crippen LogP contribution < -0.4 is 21.1 Å². The Morgan fingerprint density at radius 2 is 1.13 bits per heavy atom. The lowest BCUT2D eigenvalue weighted by atomic mass is 10.0. The Labute approximate surface area is 222 Å². The maximum Gasteiger partial charge on any atom is 0.261 e. The van der Waals surface area contributed by atoms with Crippen LogP contribution in [0.15, 0.2) is 115 Å². The molecular formula is C31H30N4O3. The molecular weight excluding hydrogens is 476 g/mol. The third-order valence-corrected chi connectivity index (χ3v) is 5.94. The van der Waals surface area contributed by atoms with E-state index in [9.17, 15) is 14.4 Å². The maximum absolute atomic E-state index is 13.5. The van der Waals surface area contributed by atoms with Crippen molar-refractivity contribution in [3.05, 3.63) is 126 Å². The van der Waals surface area contributed by atoms with Crippen molar-refractivity contribution in [1.29, 1.82) is 0 Å². The number of para-hydroxylation sites is 3. The van der Waals surface area contributed by atoms with Gasteiger partial charge in [-0.15, -0.1) is 0 Å². The number of hydrogen-bond donors (Lipinski definition) is 3. The minimum absolute atomic E-state index is 0.210. The van der Waals surface area contributed by atoms with E-state index in [0.717, 1.165) is 11.4 Å². The molecule has 0 saturated heterocycles. The second-order valence-corrected chi connectivity index (χ2v) is 9.04. The van der Waals surface area contributed by atoms with E-state index >= 15 is 0 Å². The Morgan fingerprint density at radius 3 is 1.68 bits per heavy atom. The highest BCUT2D eigenvalue weighted by molar-refractivity contribution is 6.09. The minimum Gasteiger partial charge on any atom is -0.340 e. The third kappa shape index (κ3) is 6.44. The molecule has 0 aromatic heterocycles. The molecule has 7 nitrogen and oxygen atoms in total. The van der Waals surface area contributed by atoms with Crippen LogP contribution in [0, 0.1) is 5.92 Å². The maximum atomic E-state index is 13.5. The lowest BCUT2D eigenvalue weighted by molar-refractivity contribution is -0.123. The molecule has 0 saturated carbocycles. The topological polar surface area (TPSA) is 90.5 Å². The standard InChI is InChI=1S/C31H30N4O3/c1-22(2)28(31(38)34-35(24-16-8-4-9-17-24)25-18-10-5-11-19-25)33-30(37)26-20-12-13-21-27(26)32-29(36)23-14-6-3-7-15-23/h3-22,28H,1-2H3,(H,32,36)(H,33,37)(H,34,38). The van der Waals surface area contributed by atoms with E-state index in [1.807, 2.05) is 80.6 Å². The van der Waals surface area contributed by atoms with Gasteiger partial charge in [-0.3, -0.25) is 24.8 Å². The first kappa shape index (κ1) is 26.2. The Morgan fingerprint density at radius 1 is 0.632 bits per heavy atom. The summed E-state index contributed by atoms with van der Waals surface area (Å²) in [6, 6.07) is 33.6. The summed E-state index contributed by atoms with van der Waals surface area (Å²) >= 11 is 0. The van der Waals surface area contributed by atoms with Crippen LogP contribution in [-0.4, -0.2) is 23.8 Å². The van der Waals surface area contributed by atoms with Crippen molar-refractivity contribution in [2.45, 2.75) is 19.9 Å². The van der Waals surface area contributed by atoms with Crippen molar-refractivity contribution in [2.24, 2.45) is 5.92 Å². The molecule has 0 spiro atoms. The normalized spacial score (nSPS) is 11.3. The van der Waals surface area contributed by atoms with Gasteiger partial charge in [0.2, 0.25) is 0 Å². The summed E-state index contributed by atoms with van der Waals surface area (Å²) in [5.41, 5.74) is 5.61. The molecule has 4 aromatic carbocycles. The smallest absolute Gasteiger partial charge is 0.261 e. The van der Waals surface area contributed by atoms with Crippen molar-refractivity contribution < 1.29 is 14.4 Å². The molecule has 0 radical (unpaired) electrons. The van der Waals surface area contributed by atoms with E-state index in [2.05, 4.69) is 16.1 Å². The third-order valence-electron chi connectivity index (χ3n) is 5.94. The number of carbonyl (C=O) groups is 3. The van der Waals surface area contributed by atoms with Crippen molar-refractivity contribution in [3.63, 3.8) is 0 Å². The van der Waals surface area contributed by atoms with Gasteiger partial charge in [-0.05, 0) is 54.4 Å². The first-order valence-electron chi connectivity index (χ1n) is 12.4. The second-order valence-electron chi connectivity index (χ2n) is 9.04. The molecule has 4 aromatic rings. The Kier molecular flexibility index (Phi) is 8.51. The zero-order valence-electron chi connectivity index (χ0n) is 21.3. The monoisotopic (exact) mass is 506 g/mol. The van der Waals surface area contributed by atoms with Crippen molar-refractivity contribution >= 4 is 34.8 Å². The molecule has 0 bridgehead atoms. The van der Waals surface area contributed by atoms with Gasteiger partial charge in [0.25, 0.3) is 17.7 Å². The van der Waals surface area contributed by atoms with E-state index in [-0.39, 0.29) is 23.3 Å². The summed E-state index contributed by atoms with van der Waals surface area (Å²) in [5, 5.41) is 7.36. The fourth-order valence-electron chi connectivity index (χ4n) is 3.94. The summed E-state index contributed by atoms with van der Waals surface area (Å²) in [5.74, 6) is -1.37. The molecule has 0 aliphatic rings. The van der Waals surface area contributed by atoms with Crippen LogP contribution in [0.25, 0.3) is 0 Å². The van der Waals surface area contributed by atoms with Gasteiger partial charge in [0.1, 0.15) is 6.04 Å². The minimum atomic E-state index is -0.838. The van der Waals surface area contributed by atoms with E-state index in [1.165, 1.54) is 0 Å². The Balaban J connectivity index is 1.53. The average Bonchev–Trinajstić information content (AvgIpc) is 2.96.